The van der Waals surface area contributed by atoms with E-state index < -0.39 is 5.60 Å². The zero-order chi connectivity index (χ0) is 17.6. The van der Waals surface area contributed by atoms with E-state index in [0.717, 1.165) is 41.7 Å². The number of rotatable bonds is 7. The number of aliphatic imine (C=N–C) groups is 1. The largest absolute Gasteiger partial charge is 0.383 e. The van der Waals surface area contributed by atoms with E-state index in [1.807, 2.05) is 30.7 Å². The van der Waals surface area contributed by atoms with Crippen LogP contribution in [0.5, 0.6) is 0 Å². The number of guanidine groups is 1. The van der Waals surface area contributed by atoms with Crippen molar-refractivity contribution in [2.24, 2.45) is 4.99 Å². The van der Waals surface area contributed by atoms with E-state index in [-0.39, 0.29) is 24.0 Å². The smallest absolute Gasteiger partial charge is 0.191 e. The van der Waals surface area contributed by atoms with Gasteiger partial charge in [0.05, 0.1) is 17.2 Å². The third-order valence-corrected chi connectivity index (χ3v) is 5.49. The van der Waals surface area contributed by atoms with Crippen molar-refractivity contribution in [2.75, 3.05) is 19.6 Å². The molecule has 3 N–H and O–H groups in total. The van der Waals surface area contributed by atoms with Crippen LogP contribution in [0.3, 0.4) is 0 Å². The Morgan fingerprint density at radius 2 is 2.12 bits per heavy atom. The van der Waals surface area contributed by atoms with E-state index >= 15 is 0 Å². The van der Waals surface area contributed by atoms with Gasteiger partial charge in [0.15, 0.2) is 5.96 Å². The second-order valence-electron chi connectivity index (χ2n) is 5.90. The summed E-state index contributed by atoms with van der Waals surface area (Å²) >= 11 is 3.33. The van der Waals surface area contributed by atoms with E-state index in [1.54, 1.807) is 29.6 Å². The van der Waals surface area contributed by atoms with Gasteiger partial charge in [0.25, 0.3) is 0 Å². The fraction of sp³-hybridized carbons (Fsp3) is 0.529. The Labute approximate surface area is 175 Å². The average Bonchev–Trinajstić information content (AvgIpc) is 3.15. The summed E-state index contributed by atoms with van der Waals surface area (Å²) in [7, 11) is 0. The Bertz CT molecular complexity index is 668. The molecule has 2 aromatic heterocycles. The number of thiophene rings is 1. The lowest BCUT2D eigenvalue weighted by molar-refractivity contribution is 0.0677. The van der Waals surface area contributed by atoms with Gasteiger partial charge in [-0.3, -0.25) is 0 Å². The van der Waals surface area contributed by atoms with Crippen LogP contribution in [0.15, 0.2) is 21.8 Å². The lowest BCUT2D eigenvalue weighted by Crippen LogP contribution is -2.39. The minimum atomic E-state index is -0.951. The van der Waals surface area contributed by atoms with Crippen LogP contribution >= 0.6 is 46.7 Å². The lowest BCUT2D eigenvalue weighted by atomic mass is 10.00. The van der Waals surface area contributed by atoms with Crippen LogP contribution in [0.25, 0.3) is 0 Å². The standard InChI is InChI=1S/C17H26N4OS2.HI/c1-5-18-16(19-8-6-15-12(2)21-13(3)24-15)20-11-17(4,22)14-7-9-23-10-14;/h7,9-10,22H,5-6,8,11H2,1-4H3,(H2,18,19,20);1H. The molecule has 25 heavy (non-hydrogen) atoms. The molecule has 2 aromatic rings. The van der Waals surface area contributed by atoms with Crippen LogP contribution in [0.1, 0.15) is 35.0 Å². The first kappa shape index (κ1) is 22.3. The number of aliphatic hydroxyl groups is 1. The van der Waals surface area contributed by atoms with E-state index in [1.165, 1.54) is 4.88 Å². The fourth-order valence-corrected chi connectivity index (χ4v) is 4.06. The second kappa shape index (κ2) is 10.4. The highest BCUT2D eigenvalue weighted by atomic mass is 127. The predicted octanol–water partition coefficient (Wildman–Crippen LogP) is 3.44. The van der Waals surface area contributed by atoms with Crippen molar-refractivity contribution < 1.29 is 5.11 Å². The van der Waals surface area contributed by atoms with Crippen molar-refractivity contribution in [3.05, 3.63) is 38.0 Å². The first-order chi connectivity index (χ1) is 11.4. The van der Waals surface area contributed by atoms with E-state index in [9.17, 15) is 5.11 Å². The Balaban J connectivity index is 0.00000312. The molecule has 2 heterocycles. The molecule has 0 fully saturated rings. The van der Waals surface area contributed by atoms with Gasteiger partial charge in [-0.05, 0) is 50.1 Å². The number of thiazole rings is 1. The highest BCUT2D eigenvalue weighted by Gasteiger charge is 2.23. The van der Waals surface area contributed by atoms with Gasteiger partial charge in [-0.1, -0.05) is 0 Å². The molecule has 8 heteroatoms. The van der Waals surface area contributed by atoms with E-state index in [4.69, 9.17) is 0 Å². The topological polar surface area (TPSA) is 69.5 Å². The quantitative estimate of drug-likeness (QED) is 0.314. The highest BCUT2D eigenvalue weighted by molar-refractivity contribution is 14.0. The first-order valence-electron chi connectivity index (χ1n) is 8.12. The van der Waals surface area contributed by atoms with Gasteiger partial charge >= 0.3 is 0 Å². The zero-order valence-electron chi connectivity index (χ0n) is 15.1. The monoisotopic (exact) mass is 494 g/mol. The lowest BCUT2D eigenvalue weighted by Gasteiger charge is -2.21. The molecule has 0 radical (unpaired) electrons. The van der Waals surface area contributed by atoms with Crippen molar-refractivity contribution >= 4 is 52.6 Å². The number of aryl methyl sites for hydroxylation is 2. The van der Waals surface area contributed by atoms with Crippen molar-refractivity contribution in [3.8, 4) is 0 Å². The van der Waals surface area contributed by atoms with Crippen molar-refractivity contribution in [1.29, 1.82) is 0 Å². The first-order valence-corrected chi connectivity index (χ1v) is 9.88. The summed E-state index contributed by atoms with van der Waals surface area (Å²) in [5.74, 6) is 0.729. The van der Waals surface area contributed by atoms with Crippen LogP contribution in [0, 0.1) is 13.8 Å². The van der Waals surface area contributed by atoms with Crippen molar-refractivity contribution in [1.82, 2.24) is 15.6 Å². The third-order valence-electron chi connectivity index (χ3n) is 3.68. The molecular weight excluding hydrogens is 467 g/mol. The van der Waals surface area contributed by atoms with E-state index in [0.29, 0.717) is 6.54 Å². The van der Waals surface area contributed by atoms with Crippen LogP contribution in [0.2, 0.25) is 0 Å². The minimum absolute atomic E-state index is 0. The highest BCUT2D eigenvalue weighted by Crippen LogP contribution is 2.23. The molecule has 0 aromatic carbocycles. The normalized spacial score (nSPS) is 13.9. The molecule has 0 aliphatic heterocycles. The number of nitrogens with one attached hydrogen (secondary N) is 2. The molecule has 5 nitrogen and oxygen atoms in total. The summed E-state index contributed by atoms with van der Waals surface area (Å²) in [6.07, 6.45) is 0.919. The van der Waals surface area contributed by atoms with Crippen molar-refractivity contribution in [2.45, 2.75) is 39.7 Å². The Morgan fingerprint density at radius 1 is 1.36 bits per heavy atom. The van der Waals surface area contributed by atoms with Crippen LogP contribution < -0.4 is 10.6 Å². The maximum atomic E-state index is 10.6. The van der Waals surface area contributed by atoms with Gasteiger partial charge in [-0.2, -0.15) is 11.3 Å². The van der Waals surface area contributed by atoms with E-state index in [2.05, 4.69) is 27.5 Å². The summed E-state index contributed by atoms with van der Waals surface area (Å²) in [6, 6.07) is 1.94. The second-order valence-corrected chi connectivity index (χ2v) is 7.97. The SMILES string of the molecule is CCNC(=NCC(C)(O)c1ccsc1)NCCc1sc(C)nc1C.I. The third kappa shape index (κ3) is 6.84. The van der Waals surface area contributed by atoms with Gasteiger partial charge < -0.3 is 15.7 Å². The number of halogens is 1. The molecule has 0 amide bonds. The van der Waals surface area contributed by atoms with Gasteiger partial charge in [-0.25, -0.2) is 9.98 Å². The van der Waals surface area contributed by atoms with Gasteiger partial charge in [-0.15, -0.1) is 35.3 Å². The van der Waals surface area contributed by atoms with Crippen LogP contribution in [-0.4, -0.2) is 35.7 Å². The zero-order valence-corrected chi connectivity index (χ0v) is 19.1. The molecule has 0 aliphatic rings. The maximum Gasteiger partial charge on any atom is 0.191 e. The molecule has 2 rings (SSSR count). The molecular formula is C17H27IN4OS2. The number of hydrogen-bond acceptors (Lipinski definition) is 5. The number of aromatic nitrogens is 1. The van der Waals surface area contributed by atoms with Crippen LogP contribution in [0.4, 0.5) is 0 Å². The molecule has 0 saturated carbocycles. The average molecular weight is 494 g/mol. The fourth-order valence-electron chi connectivity index (χ4n) is 2.34. The summed E-state index contributed by atoms with van der Waals surface area (Å²) in [5.41, 5.74) is 1.07. The predicted molar refractivity (Wildman–Crippen MR) is 119 cm³/mol. The van der Waals surface area contributed by atoms with Crippen molar-refractivity contribution in [3.63, 3.8) is 0 Å². The molecule has 0 bridgehead atoms. The Kier molecular flexibility index (Phi) is 9.33. The molecule has 140 valence electrons. The summed E-state index contributed by atoms with van der Waals surface area (Å²) < 4.78 is 0. The summed E-state index contributed by atoms with van der Waals surface area (Å²) in [4.78, 5) is 10.3. The number of nitrogens with zero attached hydrogens (tertiary/aromatic N) is 2. The molecule has 0 saturated heterocycles. The molecule has 0 spiro atoms. The molecule has 0 aliphatic carbocycles. The Hall–Kier alpha value is -0.710. The maximum absolute atomic E-state index is 10.6. The van der Waals surface area contributed by atoms with Gasteiger partial charge in [0, 0.05) is 24.4 Å². The summed E-state index contributed by atoms with van der Waals surface area (Å²) in [5, 5.41) is 22.2. The molecule has 1 unspecified atom stereocenters. The Morgan fingerprint density at radius 3 is 2.68 bits per heavy atom. The molecule has 1 atom stereocenters. The summed E-state index contributed by atoms with van der Waals surface area (Å²) in [6.45, 7) is 9.80. The van der Waals surface area contributed by atoms with Gasteiger partial charge in [0.2, 0.25) is 0 Å². The van der Waals surface area contributed by atoms with Crippen LogP contribution in [-0.2, 0) is 12.0 Å². The minimum Gasteiger partial charge on any atom is -0.383 e. The van der Waals surface area contributed by atoms with Gasteiger partial charge in [0.1, 0.15) is 5.60 Å². The number of hydrogen-bond donors (Lipinski definition) is 3.